The van der Waals surface area contributed by atoms with Crippen LogP contribution >= 0.6 is 28.1 Å². The Morgan fingerprint density at radius 3 is 2.76 bits per heavy atom. The molecular formula is C12H17BrN2OS. The third-order valence-corrected chi connectivity index (χ3v) is 3.23. The third kappa shape index (κ3) is 3.94. The number of hydrogen-bond acceptors (Lipinski definition) is 3. The van der Waals surface area contributed by atoms with E-state index in [4.69, 9.17) is 22.7 Å². The molecule has 0 spiro atoms. The van der Waals surface area contributed by atoms with Crippen LogP contribution in [-0.2, 0) is 4.74 Å². The van der Waals surface area contributed by atoms with Crippen molar-refractivity contribution in [2.24, 2.45) is 5.73 Å². The van der Waals surface area contributed by atoms with Crippen LogP contribution in [0.4, 0.5) is 5.69 Å². The number of ether oxygens (including phenoxy) is 1. The number of rotatable bonds is 6. The molecule has 0 atom stereocenters. The van der Waals surface area contributed by atoms with E-state index in [1.54, 1.807) is 7.11 Å². The molecule has 1 rings (SSSR count). The SMILES string of the molecule is CCN(CCOC)c1cc(Br)ccc1C(N)=S. The van der Waals surface area contributed by atoms with Crippen LogP contribution in [0.15, 0.2) is 22.7 Å². The summed E-state index contributed by atoms with van der Waals surface area (Å²) in [6.45, 7) is 4.48. The molecule has 0 aromatic heterocycles. The predicted octanol–water partition coefficient (Wildman–Crippen LogP) is 2.56. The number of methoxy groups -OCH3 is 1. The number of nitrogens with two attached hydrogens (primary N) is 1. The summed E-state index contributed by atoms with van der Waals surface area (Å²) in [7, 11) is 1.70. The van der Waals surface area contributed by atoms with E-state index in [0.29, 0.717) is 11.6 Å². The molecule has 2 N–H and O–H groups in total. The third-order valence-electron chi connectivity index (χ3n) is 2.51. The van der Waals surface area contributed by atoms with Crippen molar-refractivity contribution in [2.45, 2.75) is 6.92 Å². The van der Waals surface area contributed by atoms with Crippen molar-refractivity contribution >= 4 is 38.8 Å². The molecule has 0 fully saturated rings. The molecule has 17 heavy (non-hydrogen) atoms. The Bertz CT molecular complexity index is 398. The van der Waals surface area contributed by atoms with Crippen LogP contribution in [-0.4, -0.2) is 31.8 Å². The lowest BCUT2D eigenvalue weighted by Crippen LogP contribution is -2.29. The lowest BCUT2D eigenvalue weighted by Gasteiger charge is -2.25. The number of likely N-dealkylation sites (N-methyl/N-ethyl adjacent to an activating group) is 1. The van der Waals surface area contributed by atoms with Crippen molar-refractivity contribution in [3.63, 3.8) is 0 Å². The molecule has 0 unspecified atom stereocenters. The van der Waals surface area contributed by atoms with Crippen LogP contribution in [0.25, 0.3) is 0 Å². The average molecular weight is 317 g/mol. The van der Waals surface area contributed by atoms with E-state index in [9.17, 15) is 0 Å². The minimum Gasteiger partial charge on any atom is -0.389 e. The first-order valence-electron chi connectivity index (χ1n) is 5.43. The Hall–Kier alpha value is -0.650. The molecule has 0 aliphatic heterocycles. The zero-order valence-corrected chi connectivity index (χ0v) is 12.5. The second kappa shape index (κ2) is 6.93. The van der Waals surface area contributed by atoms with E-state index in [1.165, 1.54) is 0 Å². The van der Waals surface area contributed by atoms with E-state index in [0.717, 1.165) is 28.8 Å². The Labute approximate surface area is 116 Å². The van der Waals surface area contributed by atoms with Crippen LogP contribution in [0.3, 0.4) is 0 Å². The van der Waals surface area contributed by atoms with Crippen LogP contribution in [0.2, 0.25) is 0 Å². The Morgan fingerprint density at radius 1 is 1.53 bits per heavy atom. The van der Waals surface area contributed by atoms with Gasteiger partial charge in [-0.05, 0) is 25.1 Å². The summed E-state index contributed by atoms with van der Waals surface area (Å²) in [5.41, 5.74) is 7.70. The monoisotopic (exact) mass is 316 g/mol. The van der Waals surface area contributed by atoms with Gasteiger partial charge in [0.2, 0.25) is 0 Å². The van der Waals surface area contributed by atoms with Crippen molar-refractivity contribution in [1.82, 2.24) is 0 Å². The van der Waals surface area contributed by atoms with Gasteiger partial charge in [-0.3, -0.25) is 0 Å². The van der Waals surface area contributed by atoms with Gasteiger partial charge in [-0.1, -0.05) is 28.1 Å². The van der Waals surface area contributed by atoms with E-state index >= 15 is 0 Å². The van der Waals surface area contributed by atoms with Gasteiger partial charge >= 0.3 is 0 Å². The van der Waals surface area contributed by atoms with Crippen LogP contribution in [0.1, 0.15) is 12.5 Å². The minimum atomic E-state index is 0.420. The molecule has 5 heteroatoms. The van der Waals surface area contributed by atoms with Gasteiger partial charge in [0.25, 0.3) is 0 Å². The summed E-state index contributed by atoms with van der Waals surface area (Å²) in [6.07, 6.45) is 0. The summed E-state index contributed by atoms with van der Waals surface area (Å²) < 4.78 is 6.13. The molecule has 94 valence electrons. The Morgan fingerprint density at radius 2 is 2.24 bits per heavy atom. The number of halogens is 1. The highest BCUT2D eigenvalue weighted by Gasteiger charge is 2.12. The van der Waals surface area contributed by atoms with Gasteiger partial charge in [-0.25, -0.2) is 0 Å². The van der Waals surface area contributed by atoms with Crippen LogP contribution in [0.5, 0.6) is 0 Å². The van der Waals surface area contributed by atoms with E-state index in [2.05, 4.69) is 27.8 Å². The van der Waals surface area contributed by atoms with Gasteiger partial charge in [0.05, 0.1) is 6.61 Å². The highest BCUT2D eigenvalue weighted by atomic mass is 79.9. The van der Waals surface area contributed by atoms with E-state index < -0.39 is 0 Å². The molecule has 3 nitrogen and oxygen atoms in total. The highest BCUT2D eigenvalue weighted by molar-refractivity contribution is 9.10. The lowest BCUT2D eigenvalue weighted by molar-refractivity contribution is 0.205. The Balaban J connectivity index is 3.06. The van der Waals surface area contributed by atoms with Crippen molar-refractivity contribution in [2.75, 3.05) is 31.7 Å². The lowest BCUT2D eigenvalue weighted by atomic mass is 10.1. The van der Waals surface area contributed by atoms with Gasteiger partial charge in [-0.2, -0.15) is 0 Å². The van der Waals surface area contributed by atoms with E-state index in [-0.39, 0.29) is 0 Å². The molecule has 0 aliphatic rings. The fourth-order valence-electron chi connectivity index (χ4n) is 1.63. The molecule has 1 aromatic carbocycles. The Kier molecular flexibility index (Phi) is 5.88. The van der Waals surface area contributed by atoms with Gasteiger partial charge in [-0.15, -0.1) is 0 Å². The molecule has 0 heterocycles. The molecule has 0 radical (unpaired) electrons. The smallest absolute Gasteiger partial charge is 0.106 e. The molecular weight excluding hydrogens is 300 g/mol. The van der Waals surface area contributed by atoms with Crippen LogP contribution < -0.4 is 10.6 Å². The largest absolute Gasteiger partial charge is 0.389 e. The van der Waals surface area contributed by atoms with Gasteiger partial charge in [0.1, 0.15) is 4.99 Å². The minimum absolute atomic E-state index is 0.420. The molecule has 0 aliphatic carbocycles. The molecule has 0 saturated heterocycles. The van der Waals surface area contributed by atoms with Crippen molar-refractivity contribution in [3.05, 3.63) is 28.2 Å². The van der Waals surface area contributed by atoms with Crippen LogP contribution in [0, 0.1) is 0 Å². The second-order valence-electron chi connectivity index (χ2n) is 3.60. The van der Waals surface area contributed by atoms with E-state index in [1.807, 2.05) is 18.2 Å². The second-order valence-corrected chi connectivity index (χ2v) is 4.95. The highest BCUT2D eigenvalue weighted by Crippen LogP contribution is 2.25. The average Bonchev–Trinajstić information content (AvgIpc) is 2.29. The number of thiocarbonyl (C=S) groups is 1. The summed E-state index contributed by atoms with van der Waals surface area (Å²) in [6, 6.07) is 5.92. The number of nitrogens with zero attached hydrogens (tertiary/aromatic N) is 1. The molecule has 1 aromatic rings. The quantitative estimate of drug-likeness (QED) is 0.819. The predicted molar refractivity (Wildman–Crippen MR) is 79.8 cm³/mol. The standard InChI is InChI=1S/C12H17BrN2OS/c1-3-15(6-7-16-2)11-8-9(13)4-5-10(11)12(14)17/h4-5,8H,3,6-7H2,1-2H3,(H2,14,17). The van der Waals surface area contributed by atoms with Gasteiger partial charge in [0.15, 0.2) is 0 Å². The summed E-state index contributed by atoms with van der Waals surface area (Å²) in [5.74, 6) is 0. The summed E-state index contributed by atoms with van der Waals surface area (Å²) in [4.78, 5) is 2.62. The molecule has 0 saturated carbocycles. The summed E-state index contributed by atoms with van der Waals surface area (Å²) >= 11 is 8.55. The van der Waals surface area contributed by atoms with Crippen molar-refractivity contribution in [1.29, 1.82) is 0 Å². The van der Waals surface area contributed by atoms with Crippen molar-refractivity contribution < 1.29 is 4.74 Å². The fraction of sp³-hybridized carbons (Fsp3) is 0.417. The maximum atomic E-state index is 5.74. The normalized spacial score (nSPS) is 10.3. The van der Waals surface area contributed by atoms with Gasteiger partial charge in [0, 0.05) is 35.9 Å². The number of benzene rings is 1. The molecule has 0 amide bonds. The topological polar surface area (TPSA) is 38.5 Å². The zero-order chi connectivity index (χ0) is 12.8. The number of anilines is 1. The molecule has 0 bridgehead atoms. The first kappa shape index (κ1) is 14.4. The summed E-state index contributed by atoms with van der Waals surface area (Å²) in [5, 5.41) is 0. The maximum absolute atomic E-state index is 5.74. The first-order valence-corrected chi connectivity index (χ1v) is 6.63. The maximum Gasteiger partial charge on any atom is 0.106 e. The van der Waals surface area contributed by atoms with Crippen molar-refractivity contribution in [3.8, 4) is 0 Å². The zero-order valence-electron chi connectivity index (χ0n) is 10.1. The number of hydrogen-bond donors (Lipinski definition) is 1. The van der Waals surface area contributed by atoms with Gasteiger partial charge < -0.3 is 15.4 Å². The first-order chi connectivity index (χ1) is 8.10. The fourth-order valence-corrected chi connectivity index (χ4v) is 2.15.